The Morgan fingerprint density at radius 3 is 2.69 bits per heavy atom. The summed E-state index contributed by atoms with van der Waals surface area (Å²) in [6.07, 6.45) is 8.31. The lowest BCUT2D eigenvalue weighted by Crippen LogP contribution is -2.49. The first-order valence-electron chi connectivity index (χ1n) is 6.87. The molecule has 0 aliphatic heterocycles. The Morgan fingerprint density at radius 1 is 1.38 bits per heavy atom. The highest BCUT2D eigenvalue weighted by molar-refractivity contribution is 8.01. The van der Waals surface area contributed by atoms with Crippen molar-refractivity contribution in [2.75, 3.05) is 0 Å². The van der Waals surface area contributed by atoms with Crippen molar-refractivity contribution in [2.45, 2.75) is 81.3 Å². The van der Waals surface area contributed by atoms with Crippen molar-refractivity contribution in [3.63, 3.8) is 0 Å². The van der Waals surface area contributed by atoms with E-state index in [-0.39, 0.29) is 5.60 Å². The molecule has 0 aromatic heterocycles. The lowest BCUT2D eigenvalue weighted by atomic mass is 9.64. The molecule has 3 atom stereocenters. The minimum atomic E-state index is -0.320. The number of fused-ring (bicyclic) bond motifs is 2. The molecule has 2 aliphatic rings. The molecular weight excluding hydrogens is 216 g/mol. The fourth-order valence-corrected chi connectivity index (χ4v) is 5.79. The SMILES string of the molecule is CCC1(SC(C)C)CC2CCCC(O)(C2)C1. The van der Waals surface area contributed by atoms with E-state index in [0.717, 1.165) is 25.2 Å². The molecule has 0 amide bonds. The van der Waals surface area contributed by atoms with Gasteiger partial charge in [-0.05, 0) is 43.3 Å². The van der Waals surface area contributed by atoms with E-state index in [1.54, 1.807) is 0 Å². The van der Waals surface area contributed by atoms with E-state index in [0.29, 0.717) is 10.00 Å². The summed E-state index contributed by atoms with van der Waals surface area (Å²) < 4.78 is 0.367. The van der Waals surface area contributed by atoms with Crippen molar-refractivity contribution >= 4 is 11.8 Å². The molecule has 1 N–H and O–H groups in total. The number of thioether (sulfide) groups is 1. The Bertz CT molecular complexity index is 253. The van der Waals surface area contributed by atoms with E-state index < -0.39 is 0 Å². The van der Waals surface area contributed by atoms with Crippen LogP contribution in [-0.4, -0.2) is 20.7 Å². The first kappa shape index (κ1) is 12.8. The number of aliphatic hydroxyl groups is 1. The highest BCUT2D eigenvalue weighted by atomic mass is 32.2. The van der Waals surface area contributed by atoms with Crippen LogP contribution in [0.3, 0.4) is 0 Å². The summed E-state index contributed by atoms with van der Waals surface area (Å²) in [4.78, 5) is 0. The summed E-state index contributed by atoms with van der Waals surface area (Å²) >= 11 is 2.12. The quantitative estimate of drug-likeness (QED) is 0.807. The van der Waals surface area contributed by atoms with E-state index in [9.17, 15) is 5.11 Å². The van der Waals surface area contributed by atoms with Gasteiger partial charge in [-0.25, -0.2) is 0 Å². The largest absolute Gasteiger partial charge is 0.390 e. The van der Waals surface area contributed by atoms with Gasteiger partial charge in [-0.1, -0.05) is 33.6 Å². The normalized spacial score (nSPS) is 43.7. The Morgan fingerprint density at radius 2 is 2.12 bits per heavy atom. The molecule has 2 aliphatic carbocycles. The molecule has 0 heterocycles. The monoisotopic (exact) mass is 242 g/mol. The summed E-state index contributed by atoms with van der Waals surface area (Å²) in [5.41, 5.74) is -0.320. The fourth-order valence-electron chi connectivity index (χ4n) is 3.94. The third-order valence-electron chi connectivity index (χ3n) is 4.37. The molecule has 94 valence electrons. The molecule has 3 unspecified atom stereocenters. The maximum absolute atomic E-state index is 10.7. The topological polar surface area (TPSA) is 20.2 Å². The molecule has 16 heavy (non-hydrogen) atoms. The van der Waals surface area contributed by atoms with Crippen LogP contribution in [0.1, 0.15) is 65.7 Å². The standard InChI is InChI=1S/C14H26OS/c1-4-14(16-11(2)3)9-12-6-5-7-13(15,8-12)10-14/h11-12,15H,4-10H2,1-3H3. The van der Waals surface area contributed by atoms with Gasteiger partial charge in [-0.3, -0.25) is 0 Å². The Kier molecular flexibility index (Phi) is 3.61. The summed E-state index contributed by atoms with van der Waals surface area (Å²) in [5, 5.41) is 11.4. The van der Waals surface area contributed by atoms with Gasteiger partial charge in [0.2, 0.25) is 0 Å². The average Bonchev–Trinajstić information content (AvgIpc) is 2.14. The predicted octanol–water partition coefficient (Wildman–Crippen LogP) is 3.99. The van der Waals surface area contributed by atoms with Crippen LogP contribution >= 0.6 is 11.8 Å². The second kappa shape index (κ2) is 4.53. The van der Waals surface area contributed by atoms with Gasteiger partial charge in [0.05, 0.1) is 5.60 Å². The van der Waals surface area contributed by atoms with Gasteiger partial charge in [0.1, 0.15) is 0 Å². The fraction of sp³-hybridized carbons (Fsp3) is 1.00. The van der Waals surface area contributed by atoms with Gasteiger partial charge in [-0.15, -0.1) is 0 Å². The van der Waals surface area contributed by atoms with Crippen molar-refractivity contribution < 1.29 is 5.11 Å². The van der Waals surface area contributed by atoms with Crippen LogP contribution < -0.4 is 0 Å². The lowest BCUT2D eigenvalue weighted by molar-refractivity contribution is -0.0599. The van der Waals surface area contributed by atoms with E-state index in [4.69, 9.17) is 0 Å². The third-order valence-corrected chi connectivity index (χ3v) is 5.94. The summed E-state index contributed by atoms with van der Waals surface area (Å²) in [6.45, 7) is 6.88. The molecule has 0 radical (unpaired) electrons. The molecule has 1 nitrogen and oxygen atoms in total. The second-order valence-electron chi connectivity index (χ2n) is 6.27. The van der Waals surface area contributed by atoms with Crippen molar-refractivity contribution in [2.24, 2.45) is 5.92 Å². The highest BCUT2D eigenvalue weighted by Gasteiger charge is 2.48. The highest BCUT2D eigenvalue weighted by Crippen LogP contribution is 2.54. The first-order valence-corrected chi connectivity index (χ1v) is 7.75. The molecule has 0 aromatic rings. The van der Waals surface area contributed by atoms with Crippen LogP contribution in [0.25, 0.3) is 0 Å². The van der Waals surface area contributed by atoms with Crippen molar-refractivity contribution in [3.05, 3.63) is 0 Å². The lowest BCUT2D eigenvalue weighted by Gasteiger charge is -2.51. The summed E-state index contributed by atoms with van der Waals surface area (Å²) in [7, 11) is 0. The minimum absolute atomic E-state index is 0.320. The number of hydrogen-bond acceptors (Lipinski definition) is 2. The van der Waals surface area contributed by atoms with Gasteiger partial charge >= 0.3 is 0 Å². The molecule has 2 fully saturated rings. The van der Waals surface area contributed by atoms with Crippen LogP contribution in [0.5, 0.6) is 0 Å². The molecule has 0 aromatic carbocycles. The van der Waals surface area contributed by atoms with Crippen molar-refractivity contribution in [3.8, 4) is 0 Å². The molecule has 2 saturated carbocycles. The number of hydrogen-bond donors (Lipinski definition) is 1. The molecule has 2 rings (SSSR count). The summed E-state index contributed by atoms with van der Waals surface area (Å²) in [6, 6.07) is 0. The van der Waals surface area contributed by atoms with E-state index in [1.165, 1.54) is 25.7 Å². The molecule has 0 saturated heterocycles. The van der Waals surface area contributed by atoms with Gasteiger partial charge in [-0.2, -0.15) is 11.8 Å². The molecular formula is C14H26OS. The van der Waals surface area contributed by atoms with Crippen molar-refractivity contribution in [1.82, 2.24) is 0 Å². The Balaban J connectivity index is 2.14. The number of rotatable bonds is 3. The van der Waals surface area contributed by atoms with Gasteiger partial charge < -0.3 is 5.11 Å². The minimum Gasteiger partial charge on any atom is -0.390 e. The van der Waals surface area contributed by atoms with Crippen LogP contribution in [0.2, 0.25) is 0 Å². The Hall–Kier alpha value is 0.310. The molecule has 2 bridgehead atoms. The Labute approximate surface area is 104 Å². The van der Waals surface area contributed by atoms with E-state index >= 15 is 0 Å². The predicted molar refractivity (Wildman–Crippen MR) is 71.9 cm³/mol. The molecule has 2 heteroatoms. The third kappa shape index (κ3) is 2.59. The van der Waals surface area contributed by atoms with E-state index in [1.807, 2.05) is 0 Å². The van der Waals surface area contributed by atoms with Crippen LogP contribution in [0.15, 0.2) is 0 Å². The van der Waals surface area contributed by atoms with Crippen LogP contribution in [0.4, 0.5) is 0 Å². The zero-order valence-corrected chi connectivity index (χ0v) is 11.8. The summed E-state index contributed by atoms with van der Waals surface area (Å²) in [5.74, 6) is 0.790. The van der Waals surface area contributed by atoms with Gasteiger partial charge in [0.15, 0.2) is 0 Å². The first-order chi connectivity index (χ1) is 7.47. The average molecular weight is 242 g/mol. The zero-order chi connectivity index (χ0) is 11.8. The zero-order valence-electron chi connectivity index (χ0n) is 11.0. The van der Waals surface area contributed by atoms with E-state index in [2.05, 4.69) is 32.5 Å². The van der Waals surface area contributed by atoms with Gasteiger partial charge in [0, 0.05) is 4.75 Å². The van der Waals surface area contributed by atoms with Crippen molar-refractivity contribution in [1.29, 1.82) is 0 Å². The smallest absolute Gasteiger partial charge is 0.0663 e. The maximum atomic E-state index is 10.7. The second-order valence-corrected chi connectivity index (χ2v) is 8.32. The van der Waals surface area contributed by atoms with Crippen LogP contribution in [-0.2, 0) is 0 Å². The molecule has 0 spiro atoms. The van der Waals surface area contributed by atoms with Gasteiger partial charge in [0.25, 0.3) is 0 Å². The van der Waals surface area contributed by atoms with Crippen LogP contribution in [0, 0.1) is 5.92 Å². The maximum Gasteiger partial charge on any atom is 0.0663 e.